The van der Waals surface area contributed by atoms with E-state index in [0.29, 0.717) is 12.8 Å². The number of nitrogens with zero attached hydrogens (tertiary/aromatic N) is 1. The third-order valence-corrected chi connectivity index (χ3v) is 4.04. The van der Waals surface area contributed by atoms with E-state index in [4.69, 9.17) is 4.74 Å². The molecule has 0 bridgehead atoms. The number of aliphatic imine (C=N–C) groups is 1. The Morgan fingerprint density at radius 1 is 1.32 bits per heavy atom. The Labute approximate surface area is 111 Å². The van der Waals surface area contributed by atoms with E-state index in [1.807, 2.05) is 43.5 Å². The van der Waals surface area contributed by atoms with Gasteiger partial charge in [-0.25, -0.2) is 0 Å². The van der Waals surface area contributed by atoms with Gasteiger partial charge < -0.3 is 4.74 Å². The molecule has 0 fully saturated rings. The lowest BCUT2D eigenvalue weighted by Crippen LogP contribution is -2.42. The maximum Gasteiger partial charge on any atom is 0.183 e. The summed E-state index contributed by atoms with van der Waals surface area (Å²) in [7, 11) is 0. The molecule has 1 aromatic rings. The number of carbonyl (C=O) groups is 1. The number of para-hydroxylation sites is 1. The van der Waals surface area contributed by atoms with E-state index in [9.17, 15) is 4.79 Å². The fourth-order valence-electron chi connectivity index (χ4n) is 3.32. The number of dihydropyridines is 1. The molecule has 4 rings (SSSR count). The maximum absolute atomic E-state index is 12.0. The van der Waals surface area contributed by atoms with Gasteiger partial charge in [-0.1, -0.05) is 18.2 Å². The minimum absolute atomic E-state index is 0.219. The van der Waals surface area contributed by atoms with Crippen LogP contribution in [0.25, 0.3) is 5.57 Å². The number of Topliss-reactive ketones (excluding diaryl/α,β-unsaturated/α-hetero) is 1. The van der Waals surface area contributed by atoms with Gasteiger partial charge in [-0.2, -0.15) is 0 Å². The fraction of sp³-hybridized carbons (Fsp3) is 0.250. The molecule has 0 N–H and O–H groups in total. The van der Waals surface area contributed by atoms with E-state index < -0.39 is 5.60 Å². The monoisotopic (exact) mass is 251 g/mol. The zero-order valence-electron chi connectivity index (χ0n) is 10.6. The van der Waals surface area contributed by atoms with Crippen LogP contribution in [0.5, 0.6) is 5.75 Å². The van der Waals surface area contributed by atoms with Crippen molar-refractivity contribution in [2.75, 3.05) is 0 Å². The van der Waals surface area contributed by atoms with Crippen molar-refractivity contribution in [2.45, 2.75) is 25.4 Å². The SMILES string of the molecule is CC1=C2N=CC=C3c4ccccc4OC32CC(=O)C1. The molecule has 0 saturated carbocycles. The molecular weight excluding hydrogens is 238 g/mol. The second kappa shape index (κ2) is 3.44. The molecule has 1 aliphatic carbocycles. The van der Waals surface area contributed by atoms with Crippen molar-refractivity contribution >= 4 is 17.6 Å². The Balaban J connectivity index is 2.00. The number of ketones is 1. The van der Waals surface area contributed by atoms with Gasteiger partial charge in [-0.15, -0.1) is 0 Å². The van der Waals surface area contributed by atoms with E-state index in [1.165, 1.54) is 0 Å². The lowest BCUT2D eigenvalue weighted by molar-refractivity contribution is -0.121. The van der Waals surface area contributed by atoms with Gasteiger partial charge in [0.1, 0.15) is 11.5 Å². The Kier molecular flexibility index (Phi) is 1.94. The predicted molar refractivity (Wildman–Crippen MR) is 73.2 cm³/mol. The van der Waals surface area contributed by atoms with E-state index in [-0.39, 0.29) is 5.78 Å². The van der Waals surface area contributed by atoms with Crippen molar-refractivity contribution in [2.24, 2.45) is 4.99 Å². The molecule has 19 heavy (non-hydrogen) atoms. The van der Waals surface area contributed by atoms with Crippen LogP contribution in [0.3, 0.4) is 0 Å². The molecule has 2 heterocycles. The molecule has 3 nitrogen and oxygen atoms in total. The number of allylic oxidation sites excluding steroid dienone is 2. The maximum atomic E-state index is 12.0. The van der Waals surface area contributed by atoms with Crippen molar-refractivity contribution in [3.8, 4) is 5.75 Å². The molecule has 94 valence electrons. The molecule has 1 spiro atoms. The normalized spacial score (nSPS) is 27.4. The summed E-state index contributed by atoms with van der Waals surface area (Å²) >= 11 is 0. The Bertz CT molecular complexity index is 696. The first-order chi connectivity index (χ1) is 9.21. The molecule has 3 heteroatoms. The smallest absolute Gasteiger partial charge is 0.183 e. The van der Waals surface area contributed by atoms with E-state index in [2.05, 4.69) is 4.99 Å². The zero-order chi connectivity index (χ0) is 13.0. The topological polar surface area (TPSA) is 38.7 Å². The van der Waals surface area contributed by atoms with Gasteiger partial charge in [0.15, 0.2) is 5.60 Å². The molecule has 1 unspecified atom stereocenters. The second-order valence-corrected chi connectivity index (χ2v) is 5.30. The van der Waals surface area contributed by atoms with Gasteiger partial charge in [0.05, 0.1) is 12.1 Å². The van der Waals surface area contributed by atoms with Gasteiger partial charge in [0.2, 0.25) is 0 Å². The summed E-state index contributed by atoms with van der Waals surface area (Å²) in [6, 6.07) is 7.94. The van der Waals surface area contributed by atoms with Crippen LogP contribution in [0.4, 0.5) is 0 Å². The minimum atomic E-state index is -0.669. The van der Waals surface area contributed by atoms with Gasteiger partial charge in [0, 0.05) is 23.8 Å². The molecule has 1 aromatic carbocycles. The highest BCUT2D eigenvalue weighted by Crippen LogP contribution is 2.53. The Hall–Kier alpha value is -2.16. The molecule has 0 saturated heterocycles. The summed E-state index contributed by atoms with van der Waals surface area (Å²) < 4.78 is 6.18. The van der Waals surface area contributed by atoms with Crippen LogP contribution in [-0.2, 0) is 4.79 Å². The number of ether oxygens (including phenoxy) is 1. The first-order valence-electron chi connectivity index (χ1n) is 6.46. The van der Waals surface area contributed by atoms with Crippen LogP contribution in [-0.4, -0.2) is 17.6 Å². The third-order valence-electron chi connectivity index (χ3n) is 4.04. The Morgan fingerprint density at radius 2 is 2.16 bits per heavy atom. The molecule has 0 radical (unpaired) electrons. The van der Waals surface area contributed by atoms with Crippen LogP contribution >= 0.6 is 0 Å². The lowest BCUT2D eigenvalue weighted by Gasteiger charge is -2.36. The van der Waals surface area contributed by atoms with Crippen molar-refractivity contribution < 1.29 is 9.53 Å². The lowest BCUT2D eigenvalue weighted by atomic mass is 9.76. The highest BCUT2D eigenvalue weighted by molar-refractivity contribution is 6.00. The van der Waals surface area contributed by atoms with Gasteiger partial charge in [-0.3, -0.25) is 9.79 Å². The summed E-state index contributed by atoms with van der Waals surface area (Å²) in [5.74, 6) is 1.07. The summed E-state index contributed by atoms with van der Waals surface area (Å²) in [4.78, 5) is 16.5. The first-order valence-corrected chi connectivity index (χ1v) is 6.46. The minimum Gasteiger partial charge on any atom is -0.475 e. The molecule has 0 aromatic heterocycles. The van der Waals surface area contributed by atoms with Crippen molar-refractivity contribution in [1.82, 2.24) is 0 Å². The highest BCUT2D eigenvalue weighted by Gasteiger charge is 2.52. The quantitative estimate of drug-likeness (QED) is 0.711. The number of hydrogen-bond acceptors (Lipinski definition) is 3. The highest BCUT2D eigenvalue weighted by atomic mass is 16.5. The summed E-state index contributed by atoms with van der Waals surface area (Å²) in [6.07, 6.45) is 4.66. The summed E-state index contributed by atoms with van der Waals surface area (Å²) in [5.41, 5.74) is 3.42. The van der Waals surface area contributed by atoms with E-state index in [1.54, 1.807) is 0 Å². The van der Waals surface area contributed by atoms with Crippen LogP contribution in [0, 0.1) is 0 Å². The van der Waals surface area contributed by atoms with E-state index >= 15 is 0 Å². The third kappa shape index (κ3) is 1.27. The number of carbonyl (C=O) groups excluding carboxylic acids is 1. The van der Waals surface area contributed by atoms with E-state index in [0.717, 1.165) is 28.2 Å². The van der Waals surface area contributed by atoms with Crippen molar-refractivity contribution in [3.63, 3.8) is 0 Å². The molecule has 3 aliphatic rings. The van der Waals surface area contributed by atoms with Crippen LogP contribution < -0.4 is 4.74 Å². The fourth-order valence-corrected chi connectivity index (χ4v) is 3.32. The van der Waals surface area contributed by atoms with Crippen molar-refractivity contribution in [3.05, 3.63) is 47.2 Å². The second-order valence-electron chi connectivity index (χ2n) is 5.30. The van der Waals surface area contributed by atoms with Gasteiger partial charge >= 0.3 is 0 Å². The first kappa shape index (κ1) is 10.7. The molecule has 1 atom stereocenters. The molecular formula is C16H13NO2. The zero-order valence-corrected chi connectivity index (χ0v) is 10.6. The number of fused-ring (bicyclic) bond motifs is 2. The van der Waals surface area contributed by atoms with Gasteiger partial charge in [0.25, 0.3) is 0 Å². The van der Waals surface area contributed by atoms with Gasteiger partial charge in [-0.05, 0) is 24.6 Å². The molecule has 0 amide bonds. The molecule has 2 aliphatic heterocycles. The average molecular weight is 251 g/mol. The Morgan fingerprint density at radius 3 is 3.05 bits per heavy atom. The average Bonchev–Trinajstić information content (AvgIpc) is 2.70. The number of rotatable bonds is 0. The number of benzene rings is 1. The number of hydrogen-bond donors (Lipinski definition) is 0. The standard InChI is InChI=1S/C16H13NO2/c1-10-8-11(18)9-16-13(6-7-17-15(10)16)12-4-2-3-5-14(12)19-16/h2-7H,8-9H2,1H3. The predicted octanol–water partition coefficient (Wildman–Crippen LogP) is 2.92. The van der Waals surface area contributed by atoms with Crippen LogP contribution in [0.2, 0.25) is 0 Å². The van der Waals surface area contributed by atoms with Crippen molar-refractivity contribution in [1.29, 1.82) is 0 Å². The summed E-state index contributed by atoms with van der Waals surface area (Å²) in [6.45, 7) is 1.97. The summed E-state index contributed by atoms with van der Waals surface area (Å²) in [5, 5.41) is 0. The largest absolute Gasteiger partial charge is 0.475 e. The van der Waals surface area contributed by atoms with Crippen LogP contribution in [0.1, 0.15) is 25.3 Å². The van der Waals surface area contributed by atoms with Crippen LogP contribution in [0.15, 0.2) is 46.6 Å².